The van der Waals surface area contributed by atoms with Gasteiger partial charge in [0.25, 0.3) is 5.91 Å². The molecule has 1 saturated heterocycles. The minimum Gasteiger partial charge on any atom is -0.468 e. The van der Waals surface area contributed by atoms with Gasteiger partial charge in [-0.25, -0.2) is 4.98 Å². The summed E-state index contributed by atoms with van der Waals surface area (Å²) in [5, 5.41) is 1.69. The summed E-state index contributed by atoms with van der Waals surface area (Å²) in [6, 6.07) is 9.62. The number of rotatable bonds is 8. The molecule has 174 valence electrons. The number of likely N-dealkylation sites (tertiary alicyclic amines) is 1. The van der Waals surface area contributed by atoms with E-state index in [1.807, 2.05) is 12.1 Å². The van der Waals surface area contributed by atoms with Crippen molar-refractivity contribution in [1.29, 1.82) is 0 Å². The van der Waals surface area contributed by atoms with Crippen LogP contribution in [0.4, 0.5) is 13.2 Å². The summed E-state index contributed by atoms with van der Waals surface area (Å²) in [6.07, 6.45) is -3.09. The molecule has 3 aromatic rings. The summed E-state index contributed by atoms with van der Waals surface area (Å²) < 4.78 is 47.3. The van der Waals surface area contributed by atoms with E-state index in [-0.39, 0.29) is 18.2 Å². The van der Waals surface area contributed by atoms with Gasteiger partial charge in [0.2, 0.25) is 0 Å². The maximum absolute atomic E-state index is 13.1. The molecule has 0 radical (unpaired) electrons. The van der Waals surface area contributed by atoms with Crippen molar-refractivity contribution in [2.24, 2.45) is 17.8 Å². The number of carbonyl (C=O) groups excluding carboxylic acids is 1. The molecule has 2 aliphatic rings. The van der Waals surface area contributed by atoms with Crippen molar-refractivity contribution in [3.63, 3.8) is 0 Å². The molecular weight excluding hydrogens is 455 g/mol. The standard InChI is InChI=1S/C23H22F3N3O3S/c24-23(25,26)32-16-4-1-3-15(7-16)8-29(22(30)21-13-33-14-27-21)12-20-18-10-28(11-19(18)20)9-17-5-2-6-31-17/h1-7,13-14,18-20H,8-12H2. The molecule has 2 atom stereocenters. The number of amides is 1. The van der Waals surface area contributed by atoms with Gasteiger partial charge in [0.05, 0.1) is 18.3 Å². The van der Waals surface area contributed by atoms with E-state index < -0.39 is 6.36 Å². The van der Waals surface area contributed by atoms with E-state index in [1.165, 1.54) is 29.5 Å². The lowest BCUT2D eigenvalue weighted by Crippen LogP contribution is -2.35. The highest BCUT2D eigenvalue weighted by Crippen LogP contribution is 2.52. The Bertz CT molecular complexity index is 1080. The SMILES string of the molecule is O=C(c1cscn1)N(Cc1cccc(OC(F)(F)F)c1)CC1C2CN(Cc3ccco3)CC21. The topological polar surface area (TPSA) is 58.8 Å². The first kappa shape index (κ1) is 22.0. The molecule has 0 spiro atoms. The molecule has 1 aliphatic carbocycles. The minimum absolute atomic E-state index is 0.192. The predicted octanol–water partition coefficient (Wildman–Crippen LogP) is 4.66. The minimum atomic E-state index is -4.76. The van der Waals surface area contributed by atoms with E-state index in [9.17, 15) is 18.0 Å². The van der Waals surface area contributed by atoms with Gasteiger partial charge in [0.15, 0.2) is 0 Å². The summed E-state index contributed by atoms with van der Waals surface area (Å²) in [4.78, 5) is 21.3. The summed E-state index contributed by atoms with van der Waals surface area (Å²) in [6.45, 7) is 3.41. The summed E-state index contributed by atoms with van der Waals surface area (Å²) in [5.74, 6) is 1.81. The number of piperidine rings is 1. The monoisotopic (exact) mass is 477 g/mol. The van der Waals surface area contributed by atoms with Gasteiger partial charge in [-0.05, 0) is 47.6 Å². The molecule has 2 aromatic heterocycles. The van der Waals surface area contributed by atoms with Gasteiger partial charge in [0, 0.05) is 31.6 Å². The lowest BCUT2D eigenvalue weighted by Gasteiger charge is -2.25. The molecule has 1 amide bonds. The molecule has 0 N–H and O–H groups in total. The lowest BCUT2D eigenvalue weighted by molar-refractivity contribution is -0.274. The number of hydrogen-bond donors (Lipinski definition) is 0. The van der Waals surface area contributed by atoms with Crippen LogP contribution in [0.1, 0.15) is 21.8 Å². The Hall–Kier alpha value is -2.85. The number of furan rings is 1. The number of halogens is 3. The van der Waals surface area contributed by atoms with Crippen molar-refractivity contribution in [2.45, 2.75) is 19.5 Å². The maximum atomic E-state index is 13.1. The molecule has 1 aromatic carbocycles. The van der Waals surface area contributed by atoms with Crippen LogP contribution in [-0.2, 0) is 13.1 Å². The normalized spacial score (nSPS) is 22.2. The average Bonchev–Trinajstić information content (AvgIpc) is 3.31. The highest BCUT2D eigenvalue weighted by molar-refractivity contribution is 7.07. The van der Waals surface area contributed by atoms with Crippen LogP contribution < -0.4 is 4.74 Å². The largest absolute Gasteiger partial charge is 0.573 e. The van der Waals surface area contributed by atoms with Crippen LogP contribution >= 0.6 is 11.3 Å². The molecule has 3 heterocycles. The summed E-state index contributed by atoms with van der Waals surface area (Å²) in [7, 11) is 0. The van der Waals surface area contributed by atoms with E-state index in [1.54, 1.807) is 28.1 Å². The van der Waals surface area contributed by atoms with Gasteiger partial charge in [-0.3, -0.25) is 9.69 Å². The van der Waals surface area contributed by atoms with E-state index in [2.05, 4.69) is 14.6 Å². The molecule has 2 fully saturated rings. The molecule has 6 nitrogen and oxygen atoms in total. The van der Waals surface area contributed by atoms with Crippen LogP contribution in [0.3, 0.4) is 0 Å². The first-order valence-corrected chi connectivity index (χ1v) is 11.6. The fourth-order valence-corrected chi connectivity index (χ4v) is 5.30. The number of carbonyl (C=O) groups is 1. The van der Waals surface area contributed by atoms with Gasteiger partial charge in [-0.15, -0.1) is 24.5 Å². The molecule has 1 aliphatic heterocycles. The Morgan fingerprint density at radius 1 is 1.24 bits per heavy atom. The van der Waals surface area contributed by atoms with Crippen molar-refractivity contribution < 1.29 is 27.1 Å². The molecule has 10 heteroatoms. The van der Waals surface area contributed by atoms with E-state index in [0.29, 0.717) is 35.6 Å². The number of ether oxygens (including phenoxy) is 1. The summed E-state index contributed by atoms with van der Waals surface area (Å²) in [5.41, 5.74) is 2.53. The van der Waals surface area contributed by atoms with Gasteiger partial charge in [-0.2, -0.15) is 0 Å². The Morgan fingerprint density at radius 3 is 2.73 bits per heavy atom. The molecular formula is C23H22F3N3O3S. The number of hydrogen-bond acceptors (Lipinski definition) is 6. The number of benzene rings is 1. The van der Waals surface area contributed by atoms with E-state index in [4.69, 9.17) is 4.42 Å². The smallest absolute Gasteiger partial charge is 0.468 e. The van der Waals surface area contributed by atoms with Crippen LogP contribution in [0.15, 0.2) is 58.0 Å². The zero-order chi connectivity index (χ0) is 23.0. The number of nitrogens with zero attached hydrogens (tertiary/aromatic N) is 3. The van der Waals surface area contributed by atoms with E-state index in [0.717, 1.165) is 25.4 Å². The van der Waals surface area contributed by atoms with Gasteiger partial charge >= 0.3 is 6.36 Å². The molecule has 0 bridgehead atoms. The Balaban J connectivity index is 1.25. The number of fused-ring (bicyclic) bond motifs is 1. The highest BCUT2D eigenvalue weighted by Gasteiger charge is 2.56. The van der Waals surface area contributed by atoms with Crippen molar-refractivity contribution in [1.82, 2.24) is 14.8 Å². The van der Waals surface area contributed by atoms with Crippen molar-refractivity contribution in [2.75, 3.05) is 19.6 Å². The zero-order valence-corrected chi connectivity index (χ0v) is 18.4. The molecule has 33 heavy (non-hydrogen) atoms. The number of alkyl halides is 3. The Labute approximate surface area is 192 Å². The number of aromatic nitrogens is 1. The molecule has 1 saturated carbocycles. The quantitative estimate of drug-likeness (QED) is 0.473. The van der Waals surface area contributed by atoms with Gasteiger partial charge in [0.1, 0.15) is 17.2 Å². The van der Waals surface area contributed by atoms with E-state index >= 15 is 0 Å². The van der Waals surface area contributed by atoms with Gasteiger partial charge < -0.3 is 14.1 Å². The van der Waals surface area contributed by atoms with Crippen LogP contribution in [-0.4, -0.2) is 46.7 Å². The summed E-state index contributed by atoms with van der Waals surface area (Å²) >= 11 is 1.33. The Morgan fingerprint density at radius 2 is 2.06 bits per heavy atom. The van der Waals surface area contributed by atoms with Crippen LogP contribution in [0.5, 0.6) is 5.75 Å². The van der Waals surface area contributed by atoms with Crippen molar-refractivity contribution in [3.8, 4) is 5.75 Å². The molecule has 5 rings (SSSR count). The zero-order valence-electron chi connectivity index (χ0n) is 17.6. The maximum Gasteiger partial charge on any atom is 0.573 e. The van der Waals surface area contributed by atoms with Gasteiger partial charge in [-0.1, -0.05) is 12.1 Å². The van der Waals surface area contributed by atoms with Crippen LogP contribution in [0.25, 0.3) is 0 Å². The molecule has 2 unspecified atom stereocenters. The second kappa shape index (κ2) is 8.83. The third kappa shape index (κ3) is 5.22. The number of thiazole rings is 1. The first-order chi connectivity index (χ1) is 15.9. The predicted molar refractivity (Wildman–Crippen MR) is 114 cm³/mol. The lowest BCUT2D eigenvalue weighted by atomic mass is 10.1. The highest BCUT2D eigenvalue weighted by atomic mass is 32.1. The van der Waals surface area contributed by atoms with Crippen molar-refractivity contribution >= 4 is 17.2 Å². The average molecular weight is 478 g/mol. The third-order valence-electron chi connectivity index (χ3n) is 6.28. The second-order valence-electron chi connectivity index (χ2n) is 8.52. The first-order valence-electron chi connectivity index (χ1n) is 10.6. The fraction of sp³-hybridized carbons (Fsp3) is 0.391. The van der Waals surface area contributed by atoms with Crippen molar-refractivity contribution in [3.05, 3.63) is 70.6 Å². The fourth-order valence-electron chi connectivity index (χ4n) is 4.77. The second-order valence-corrected chi connectivity index (χ2v) is 9.24. The Kier molecular flexibility index (Phi) is 5.88. The van der Waals surface area contributed by atoms with Crippen LogP contribution in [0.2, 0.25) is 0 Å². The third-order valence-corrected chi connectivity index (χ3v) is 6.87. The van der Waals surface area contributed by atoms with Crippen LogP contribution in [0, 0.1) is 17.8 Å².